The van der Waals surface area contributed by atoms with Crippen LogP contribution in [0, 0.1) is 5.92 Å². The zero-order valence-corrected chi connectivity index (χ0v) is 20.3. The third-order valence-electron chi connectivity index (χ3n) is 7.84. The maximum Gasteiger partial charge on any atom is 0.230 e. The standard InChI is InChI=1S/C26H25ClN4O2S/c27-15-8-20(25-21(9-15)19-7-14(19)12-30(25)16-3-5-28-11-16)18-4-6-29-22-10-17(34-26(18)22)13-31-23(32)1-2-24(31)33/h4,6,8-10,14,16,19,28H,1-3,5,7,11-13H2/t14-,16-,19-/m1/s1. The highest BCUT2D eigenvalue weighted by molar-refractivity contribution is 7.19. The SMILES string of the molecule is O=C1CCC(=O)N1Cc1cc2nccc(-c3cc(Cl)cc4c3N([C@@H]3CCNC3)C[C@H]3C[C@@H]43)c2s1. The number of hydrogen-bond acceptors (Lipinski definition) is 6. The van der Waals surface area contributed by atoms with Gasteiger partial charge in [0.2, 0.25) is 11.8 Å². The predicted octanol–water partition coefficient (Wildman–Crippen LogP) is 4.55. The predicted molar refractivity (Wildman–Crippen MR) is 134 cm³/mol. The zero-order chi connectivity index (χ0) is 23.0. The normalized spacial score (nSPS) is 25.9. The molecule has 1 saturated carbocycles. The van der Waals surface area contributed by atoms with Gasteiger partial charge in [-0.05, 0) is 61.1 Å². The molecule has 2 saturated heterocycles. The van der Waals surface area contributed by atoms with Gasteiger partial charge in [0.25, 0.3) is 0 Å². The highest BCUT2D eigenvalue weighted by Crippen LogP contribution is 2.58. The van der Waals surface area contributed by atoms with Gasteiger partial charge in [-0.2, -0.15) is 0 Å². The molecule has 3 atom stereocenters. The first-order chi connectivity index (χ1) is 16.6. The van der Waals surface area contributed by atoms with E-state index in [2.05, 4.69) is 33.4 Å². The molecule has 1 aromatic carbocycles. The zero-order valence-electron chi connectivity index (χ0n) is 18.7. The number of halogens is 1. The van der Waals surface area contributed by atoms with Crippen LogP contribution < -0.4 is 10.2 Å². The highest BCUT2D eigenvalue weighted by Gasteiger charge is 2.47. The third kappa shape index (κ3) is 3.28. The smallest absolute Gasteiger partial charge is 0.230 e. The maximum atomic E-state index is 12.2. The molecular formula is C26H25ClN4O2S. The molecule has 1 aliphatic carbocycles. The van der Waals surface area contributed by atoms with Gasteiger partial charge in [0.05, 0.1) is 16.8 Å². The topological polar surface area (TPSA) is 65.5 Å². The summed E-state index contributed by atoms with van der Waals surface area (Å²) in [5, 5.41) is 4.32. The number of imide groups is 1. The van der Waals surface area contributed by atoms with Crippen LogP contribution >= 0.6 is 22.9 Å². The van der Waals surface area contributed by atoms with Gasteiger partial charge in [0.15, 0.2) is 0 Å². The molecule has 0 unspecified atom stereocenters. The Morgan fingerprint density at radius 1 is 1.15 bits per heavy atom. The lowest BCUT2D eigenvalue weighted by atomic mass is 9.92. The van der Waals surface area contributed by atoms with Crippen molar-refractivity contribution in [2.24, 2.45) is 5.92 Å². The highest BCUT2D eigenvalue weighted by atomic mass is 35.5. The Labute approximate surface area is 206 Å². The number of thiophene rings is 1. The van der Waals surface area contributed by atoms with Crippen LogP contribution in [0.15, 0.2) is 30.5 Å². The molecule has 1 N–H and O–H groups in total. The number of hydrogen-bond donors (Lipinski definition) is 1. The Hall–Kier alpha value is -2.48. The molecule has 3 aliphatic heterocycles. The molecule has 5 heterocycles. The van der Waals surface area contributed by atoms with E-state index in [-0.39, 0.29) is 11.8 Å². The van der Waals surface area contributed by atoms with Gasteiger partial charge in [0, 0.05) is 64.9 Å². The second-order valence-electron chi connectivity index (χ2n) is 9.95. The van der Waals surface area contributed by atoms with Crippen molar-refractivity contribution in [1.82, 2.24) is 15.2 Å². The van der Waals surface area contributed by atoms with E-state index >= 15 is 0 Å². The molecule has 8 heteroatoms. The molecule has 7 rings (SSSR count). The van der Waals surface area contributed by atoms with Crippen molar-refractivity contribution in [2.45, 2.75) is 44.2 Å². The first-order valence-electron chi connectivity index (χ1n) is 12.1. The molecular weight excluding hydrogens is 468 g/mol. The molecule has 2 amide bonds. The van der Waals surface area contributed by atoms with Crippen molar-refractivity contribution in [3.8, 4) is 11.1 Å². The Morgan fingerprint density at radius 3 is 2.79 bits per heavy atom. The average Bonchev–Trinajstić information content (AvgIpc) is 3.13. The number of nitrogens with one attached hydrogen (secondary N) is 1. The number of amides is 2. The molecule has 2 aromatic heterocycles. The number of carbonyl (C=O) groups is 2. The number of aromatic nitrogens is 1. The first kappa shape index (κ1) is 20.9. The summed E-state index contributed by atoms with van der Waals surface area (Å²) in [4.78, 5) is 33.9. The van der Waals surface area contributed by atoms with Gasteiger partial charge in [-0.25, -0.2) is 0 Å². The van der Waals surface area contributed by atoms with Crippen molar-refractivity contribution in [2.75, 3.05) is 24.5 Å². The van der Waals surface area contributed by atoms with E-state index < -0.39 is 0 Å². The van der Waals surface area contributed by atoms with E-state index in [1.807, 2.05) is 12.3 Å². The van der Waals surface area contributed by atoms with Crippen LogP contribution in [0.4, 0.5) is 5.69 Å². The van der Waals surface area contributed by atoms with E-state index in [1.54, 1.807) is 11.3 Å². The lowest BCUT2D eigenvalue weighted by Gasteiger charge is -2.37. The maximum absolute atomic E-state index is 12.2. The number of fused-ring (bicyclic) bond motifs is 4. The number of rotatable bonds is 4. The summed E-state index contributed by atoms with van der Waals surface area (Å²) in [5.74, 6) is 1.18. The van der Waals surface area contributed by atoms with Crippen LogP contribution in [0.3, 0.4) is 0 Å². The summed E-state index contributed by atoms with van der Waals surface area (Å²) in [7, 11) is 0. The lowest BCUT2D eigenvalue weighted by molar-refractivity contribution is -0.138. The van der Waals surface area contributed by atoms with Crippen LogP contribution in [0.1, 0.15) is 42.0 Å². The number of carbonyl (C=O) groups excluding carboxylic acids is 2. The molecule has 6 nitrogen and oxygen atoms in total. The van der Waals surface area contributed by atoms with Crippen molar-refractivity contribution in [3.63, 3.8) is 0 Å². The Bertz CT molecular complexity index is 1330. The number of nitrogens with zero attached hydrogens (tertiary/aromatic N) is 3. The summed E-state index contributed by atoms with van der Waals surface area (Å²) >= 11 is 8.33. The van der Waals surface area contributed by atoms with E-state index in [0.29, 0.717) is 31.3 Å². The van der Waals surface area contributed by atoms with Gasteiger partial charge in [-0.1, -0.05) is 11.6 Å². The molecule has 3 fully saturated rings. The van der Waals surface area contributed by atoms with E-state index in [4.69, 9.17) is 11.6 Å². The molecule has 0 spiro atoms. The van der Waals surface area contributed by atoms with Crippen LogP contribution in [0.2, 0.25) is 5.02 Å². The largest absolute Gasteiger partial charge is 0.366 e. The molecule has 4 aliphatic rings. The number of likely N-dealkylation sites (tertiary alicyclic amines) is 1. The quantitative estimate of drug-likeness (QED) is 0.541. The molecule has 34 heavy (non-hydrogen) atoms. The summed E-state index contributed by atoms with van der Waals surface area (Å²) in [6, 6.07) is 8.91. The lowest BCUT2D eigenvalue weighted by Crippen LogP contribution is -2.41. The Balaban J connectivity index is 1.35. The summed E-state index contributed by atoms with van der Waals surface area (Å²) in [6.45, 7) is 3.53. The van der Waals surface area contributed by atoms with Crippen LogP contribution in [0.5, 0.6) is 0 Å². The van der Waals surface area contributed by atoms with Gasteiger partial charge >= 0.3 is 0 Å². The van der Waals surface area contributed by atoms with Gasteiger partial charge in [-0.15, -0.1) is 11.3 Å². The average molecular weight is 493 g/mol. The van der Waals surface area contributed by atoms with E-state index in [1.165, 1.54) is 28.1 Å². The Kier molecular flexibility index (Phi) is 4.76. The number of benzene rings is 1. The molecule has 3 aromatic rings. The summed E-state index contributed by atoms with van der Waals surface area (Å²) < 4.78 is 1.09. The second-order valence-corrected chi connectivity index (χ2v) is 11.5. The molecule has 0 radical (unpaired) electrons. The Morgan fingerprint density at radius 2 is 2.00 bits per heavy atom. The van der Waals surface area contributed by atoms with Crippen LogP contribution in [-0.4, -0.2) is 47.4 Å². The van der Waals surface area contributed by atoms with Gasteiger partial charge < -0.3 is 10.2 Å². The molecule has 0 bridgehead atoms. The minimum atomic E-state index is -0.0839. The second kappa shape index (κ2) is 7.77. The summed E-state index contributed by atoms with van der Waals surface area (Å²) in [6.07, 6.45) is 4.89. The fourth-order valence-corrected chi connectivity index (χ4v) is 7.43. The third-order valence-corrected chi connectivity index (χ3v) is 9.20. The number of pyridine rings is 1. The van der Waals surface area contributed by atoms with Crippen molar-refractivity contribution < 1.29 is 9.59 Å². The fraction of sp³-hybridized carbons (Fsp3) is 0.423. The van der Waals surface area contributed by atoms with Gasteiger partial charge in [-0.3, -0.25) is 19.5 Å². The minimum Gasteiger partial charge on any atom is -0.366 e. The van der Waals surface area contributed by atoms with Crippen LogP contribution in [0.25, 0.3) is 21.3 Å². The van der Waals surface area contributed by atoms with Crippen molar-refractivity contribution >= 4 is 50.7 Å². The summed E-state index contributed by atoms with van der Waals surface area (Å²) in [5.41, 5.74) is 5.94. The van der Waals surface area contributed by atoms with Gasteiger partial charge in [0.1, 0.15) is 0 Å². The monoisotopic (exact) mass is 492 g/mol. The first-order valence-corrected chi connectivity index (χ1v) is 13.3. The van der Waals surface area contributed by atoms with E-state index in [0.717, 1.165) is 57.7 Å². The number of anilines is 1. The van der Waals surface area contributed by atoms with Crippen LogP contribution in [-0.2, 0) is 16.1 Å². The van der Waals surface area contributed by atoms with Crippen molar-refractivity contribution in [3.05, 3.63) is 45.9 Å². The molecule has 174 valence electrons. The van der Waals surface area contributed by atoms with Crippen molar-refractivity contribution in [1.29, 1.82) is 0 Å². The minimum absolute atomic E-state index is 0.0839. The fourth-order valence-electron chi connectivity index (χ4n) is 6.07. The van der Waals surface area contributed by atoms with E-state index in [9.17, 15) is 9.59 Å².